The van der Waals surface area contributed by atoms with E-state index in [9.17, 15) is 0 Å². The number of hydrazine groups is 1. The van der Waals surface area contributed by atoms with Crippen LogP contribution in [-0.4, -0.2) is 64.4 Å². The van der Waals surface area contributed by atoms with Crippen molar-refractivity contribution in [3.63, 3.8) is 0 Å². The van der Waals surface area contributed by atoms with Crippen molar-refractivity contribution in [3.8, 4) is 0 Å². The highest BCUT2D eigenvalue weighted by Gasteiger charge is 2.37. The van der Waals surface area contributed by atoms with E-state index in [0.717, 1.165) is 42.8 Å². The molecular weight excluding hydrogens is 332 g/mol. The quantitative estimate of drug-likeness (QED) is 0.588. The lowest BCUT2D eigenvalue weighted by Crippen LogP contribution is -2.67. The zero-order chi connectivity index (χ0) is 15.0. The Morgan fingerprint density at radius 3 is 2.62 bits per heavy atom. The summed E-state index contributed by atoms with van der Waals surface area (Å²) in [5.74, 6) is 5.89. The van der Waals surface area contributed by atoms with Crippen LogP contribution in [0.4, 0.5) is 0 Å². The molecule has 3 aliphatic rings. The summed E-state index contributed by atoms with van der Waals surface area (Å²) >= 11 is 3.69. The van der Waals surface area contributed by atoms with Gasteiger partial charge in [-0.15, -0.1) is 0 Å². The SMILES string of the molecule is CCn1nc(C)c(Br)c1CC(NN)C1CN2CCN1CC2. The Hall–Kier alpha value is -0.470. The fraction of sp³-hybridized carbons (Fsp3) is 0.786. The van der Waals surface area contributed by atoms with Crippen molar-refractivity contribution in [3.05, 3.63) is 15.9 Å². The number of rotatable bonds is 5. The summed E-state index contributed by atoms with van der Waals surface area (Å²) in [6.45, 7) is 10.9. The van der Waals surface area contributed by atoms with Gasteiger partial charge in [0.15, 0.2) is 0 Å². The summed E-state index contributed by atoms with van der Waals surface area (Å²) in [7, 11) is 0. The molecule has 0 radical (unpaired) electrons. The van der Waals surface area contributed by atoms with Crippen molar-refractivity contribution in [1.82, 2.24) is 25.0 Å². The number of halogens is 1. The monoisotopic (exact) mass is 356 g/mol. The number of aryl methyl sites for hydroxylation is 2. The van der Waals surface area contributed by atoms with Gasteiger partial charge in [-0.3, -0.25) is 25.8 Å². The van der Waals surface area contributed by atoms with Gasteiger partial charge in [-0.25, -0.2) is 0 Å². The van der Waals surface area contributed by atoms with Crippen LogP contribution in [0.25, 0.3) is 0 Å². The Balaban J connectivity index is 1.79. The fourth-order valence-electron chi connectivity index (χ4n) is 3.62. The Kier molecular flexibility index (Phi) is 4.66. The average Bonchev–Trinajstić information content (AvgIpc) is 2.80. The predicted molar refractivity (Wildman–Crippen MR) is 87.0 cm³/mol. The highest BCUT2D eigenvalue weighted by Crippen LogP contribution is 2.25. The number of hydrogen-bond acceptors (Lipinski definition) is 5. The summed E-state index contributed by atoms with van der Waals surface area (Å²) in [5, 5.41) is 4.59. The molecule has 0 aliphatic carbocycles. The number of hydrogen-bond donors (Lipinski definition) is 2. The Morgan fingerprint density at radius 1 is 1.38 bits per heavy atom. The van der Waals surface area contributed by atoms with Crippen LogP contribution < -0.4 is 11.3 Å². The number of nitrogens with two attached hydrogens (primary N) is 1. The summed E-state index contributed by atoms with van der Waals surface area (Å²) in [4.78, 5) is 5.13. The van der Waals surface area contributed by atoms with Crippen LogP contribution in [0.2, 0.25) is 0 Å². The molecule has 0 amide bonds. The van der Waals surface area contributed by atoms with Gasteiger partial charge < -0.3 is 0 Å². The highest BCUT2D eigenvalue weighted by molar-refractivity contribution is 9.10. The van der Waals surface area contributed by atoms with Gasteiger partial charge in [0.25, 0.3) is 0 Å². The zero-order valence-corrected chi connectivity index (χ0v) is 14.4. The second-order valence-electron chi connectivity index (χ2n) is 6.04. The second kappa shape index (κ2) is 6.34. The van der Waals surface area contributed by atoms with Crippen molar-refractivity contribution in [1.29, 1.82) is 0 Å². The van der Waals surface area contributed by atoms with Crippen LogP contribution in [0.3, 0.4) is 0 Å². The number of nitrogens with zero attached hydrogens (tertiary/aromatic N) is 4. The topological polar surface area (TPSA) is 62.4 Å². The average molecular weight is 357 g/mol. The molecule has 3 fully saturated rings. The molecule has 2 atom stereocenters. The standard InChI is InChI=1S/C14H25BrN6/c1-3-21-12(14(15)10(2)18-21)8-11(17-16)13-9-19-4-6-20(13)7-5-19/h11,13,17H,3-9,16H2,1-2H3. The van der Waals surface area contributed by atoms with Crippen molar-refractivity contribution in [2.75, 3.05) is 32.7 Å². The Morgan fingerprint density at radius 2 is 2.10 bits per heavy atom. The molecule has 6 nitrogen and oxygen atoms in total. The van der Waals surface area contributed by atoms with Crippen molar-refractivity contribution >= 4 is 15.9 Å². The van der Waals surface area contributed by atoms with Crippen molar-refractivity contribution in [2.24, 2.45) is 5.84 Å². The lowest BCUT2D eigenvalue weighted by molar-refractivity contribution is -0.00344. The minimum atomic E-state index is 0.255. The van der Waals surface area contributed by atoms with E-state index < -0.39 is 0 Å². The summed E-state index contributed by atoms with van der Waals surface area (Å²) < 4.78 is 3.21. The molecule has 21 heavy (non-hydrogen) atoms. The molecule has 1 aromatic rings. The van der Waals surface area contributed by atoms with Gasteiger partial charge >= 0.3 is 0 Å². The first-order valence-corrected chi connectivity index (χ1v) is 8.57. The third-order valence-corrected chi connectivity index (χ3v) is 5.90. The van der Waals surface area contributed by atoms with Crippen LogP contribution in [0.15, 0.2) is 4.47 Å². The van der Waals surface area contributed by atoms with Crippen LogP contribution in [0.1, 0.15) is 18.3 Å². The largest absolute Gasteiger partial charge is 0.299 e. The molecule has 4 heterocycles. The van der Waals surface area contributed by atoms with E-state index in [1.165, 1.54) is 18.8 Å². The Labute approximate surface area is 134 Å². The first-order valence-electron chi connectivity index (χ1n) is 7.78. The van der Waals surface area contributed by atoms with E-state index in [0.29, 0.717) is 6.04 Å². The molecule has 2 bridgehead atoms. The normalized spacial score (nSPS) is 29.8. The first-order chi connectivity index (χ1) is 10.1. The van der Waals surface area contributed by atoms with Gasteiger partial charge in [-0.1, -0.05) is 0 Å². The Bertz CT molecular complexity index is 494. The molecule has 7 heteroatoms. The van der Waals surface area contributed by atoms with Crippen LogP contribution in [0, 0.1) is 6.92 Å². The molecule has 0 spiro atoms. The van der Waals surface area contributed by atoms with E-state index in [-0.39, 0.29) is 6.04 Å². The van der Waals surface area contributed by atoms with Gasteiger partial charge in [0, 0.05) is 57.8 Å². The fourth-order valence-corrected chi connectivity index (χ4v) is 4.06. The molecule has 3 N–H and O–H groups in total. The van der Waals surface area contributed by atoms with Crippen LogP contribution in [0.5, 0.6) is 0 Å². The van der Waals surface area contributed by atoms with Gasteiger partial charge in [0.1, 0.15) is 0 Å². The van der Waals surface area contributed by atoms with Gasteiger partial charge in [-0.2, -0.15) is 5.10 Å². The zero-order valence-electron chi connectivity index (χ0n) is 12.8. The van der Waals surface area contributed by atoms with E-state index in [2.05, 4.69) is 47.9 Å². The molecule has 0 saturated carbocycles. The van der Waals surface area contributed by atoms with E-state index in [4.69, 9.17) is 5.84 Å². The molecule has 4 rings (SSSR count). The second-order valence-corrected chi connectivity index (χ2v) is 6.84. The predicted octanol–water partition coefficient (Wildman–Crippen LogP) is 0.348. The lowest BCUT2D eigenvalue weighted by atomic mass is 9.96. The van der Waals surface area contributed by atoms with Crippen LogP contribution >= 0.6 is 15.9 Å². The maximum absolute atomic E-state index is 5.89. The molecule has 118 valence electrons. The minimum absolute atomic E-state index is 0.255. The highest BCUT2D eigenvalue weighted by atomic mass is 79.9. The number of aromatic nitrogens is 2. The summed E-state index contributed by atoms with van der Waals surface area (Å²) in [6, 6.07) is 0.746. The lowest BCUT2D eigenvalue weighted by Gasteiger charge is -2.50. The third kappa shape index (κ3) is 2.90. The van der Waals surface area contributed by atoms with Gasteiger partial charge in [0.2, 0.25) is 0 Å². The van der Waals surface area contributed by atoms with Crippen molar-refractivity contribution < 1.29 is 0 Å². The van der Waals surface area contributed by atoms with E-state index >= 15 is 0 Å². The maximum Gasteiger partial charge on any atom is 0.0738 e. The number of fused-ring (bicyclic) bond motifs is 3. The molecule has 3 saturated heterocycles. The summed E-state index contributed by atoms with van der Waals surface area (Å²) in [6.07, 6.45) is 0.904. The molecule has 2 unspecified atom stereocenters. The van der Waals surface area contributed by atoms with Gasteiger partial charge in [0.05, 0.1) is 15.9 Å². The smallest absolute Gasteiger partial charge is 0.0738 e. The third-order valence-electron chi connectivity index (χ3n) is 4.87. The molecule has 0 aromatic carbocycles. The molecular formula is C14H25BrN6. The molecule has 1 aromatic heterocycles. The van der Waals surface area contributed by atoms with Crippen molar-refractivity contribution in [2.45, 2.75) is 38.9 Å². The van der Waals surface area contributed by atoms with Gasteiger partial charge in [-0.05, 0) is 29.8 Å². The van der Waals surface area contributed by atoms with Crippen LogP contribution in [-0.2, 0) is 13.0 Å². The van der Waals surface area contributed by atoms with E-state index in [1.54, 1.807) is 0 Å². The maximum atomic E-state index is 5.89. The number of piperazine rings is 3. The minimum Gasteiger partial charge on any atom is -0.299 e. The molecule has 3 aliphatic heterocycles. The first kappa shape index (κ1) is 15.4. The number of nitrogens with one attached hydrogen (secondary N) is 1. The summed E-state index contributed by atoms with van der Waals surface area (Å²) in [5.41, 5.74) is 5.36. The van der Waals surface area contributed by atoms with E-state index in [1.807, 2.05) is 6.92 Å².